The minimum atomic E-state index is -4.03. The highest BCUT2D eigenvalue weighted by atomic mass is 32.2. The van der Waals surface area contributed by atoms with Crippen molar-refractivity contribution < 1.29 is 27.5 Å². The second-order valence-corrected chi connectivity index (χ2v) is 7.91. The summed E-state index contributed by atoms with van der Waals surface area (Å²) in [6.07, 6.45) is 0.757. The number of hydrogen-bond acceptors (Lipinski definition) is 6. The maximum Gasteiger partial charge on any atom is 0.338 e. The number of benzene rings is 2. The van der Waals surface area contributed by atoms with Crippen molar-refractivity contribution in [2.24, 2.45) is 0 Å². The molecule has 0 bridgehead atoms. The lowest BCUT2D eigenvalue weighted by molar-refractivity contribution is -0.124. The third kappa shape index (κ3) is 6.21. The molecule has 1 amide bonds. The van der Waals surface area contributed by atoms with Crippen molar-refractivity contribution in [2.45, 2.75) is 25.2 Å². The molecule has 0 aliphatic carbocycles. The molecule has 0 unspecified atom stereocenters. The number of nitrogens with one attached hydrogen (secondary N) is 2. The summed E-state index contributed by atoms with van der Waals surface area (Å²) in [7, 11) is -2.70. The fraction of sp³-hybridized carbons (Fsp3) is 0.300. The number of carbonyl (C=O) groups is 2. The second kappa shape index (κ2) is 9.92. The van der Waals surface area contributed by atoms with E-state index in [-0.39, 0.29) is 16.2 Å². The lowest BCUT2D eigenvalue weighted by Gasteiger charge is -2.13. The molecule has 0 aliphatic heterocycles. The lowest BCUT2D eigenvalue weighted by atomic mass is 10.2. The van der Waals surface area contributed by atoms with E-state index >= 15 is 0 Å². The van der Waals surface area contributed by atoms with E-state index in [1.54, 1.807) is 24.3 Å². The fourth-order valence-corrected chi connectivity index (χ4v) is 3.63. The Balaban J connectivity index is 2.22. The highest BCUT2D eigenvalue weighted by Crippen LogP contribution is 2.27. The zero-order chi connectivity index (χ0) is 21.4. The number of aryl methyl sites for hydroxylation is 1. The third-order valence-electron chi connectivity index (χ3n) is 3.90. The minimum absolute atomic E-state index is 0.0154. The summed E-state index contributed by atoms with van der Waals surface area (Å²) in [6, 6.07) is 10.7. The Morgan fingerprint density at radius 2 is 1.76 bits per heavy atom. The number of esters is 1. The summed E-state index contributed by atoms with van der Waals surface area (Å²) in [5.41, 5.74) is 1.34. The highest BCUT2D eigenvalue weighted by Gasteiger charge is 2.22. The summed E-state index contributed by atoms with van der Waals surface area (Å²) >= 11 is 0. The zero-order valence-electron chi connectivity index (χ0n) is 16.5. The Labute approximate surface area is 170 Å². The number of sulfonamides is 1. The van der Waals surface area contributed by atoms with E-state index < -0.39 is 28.5 Å². The molecule has 9 heteroatoms. The quantitative estimate of drug-likeness (QED) is 0.603. The lowest BCUT2D eigenvalue weighted by Crippen LogP contribution is -2.29. The summed E-state index contributed by atoms with van der Waals surface area (Å²) in [5, 5.41) is 2.58. The average molecular weight is 420 g/mol. The summed E-state index contributed by atoms with van der Waals surface area (Å²) in [6.45, 7) is 3.82. The Morgan fingerprint density at radius 1 is 1.07 bits per heavy atom. The third-order valence-corrected chi connectivity index (χ3v) is 5.30. The van der Waals surface area contributed by atoms with E-state index in [0.717, 1.165) is 18.1 Å². The Kier molecular flexibility index (Phi) is 7.60. The maximum atomic E-state index is 12.8. The van der Waals surface area contributed by atoms with Gasteiger partial charge < -0.3 is 14.8 Å². The summed E-state index contributed by atoms with van der Waals surface area (Å²) < 4.78 is 38.2. The van der Waals surface area contributed by atoms with Gasteiger partial charge in [-0.15, -0.1) is 0 Å². The number of ether oxygens (including phenoxy) is 2. The molecule has 0 saturated heterocycles. The number of hydrogen-bond donors (Lipinski definition) is 2. The van der Waals surface area contributed by atoms with E-state index in [1.165, 1.54) is 19.2 Å². The van der Waals surface area contributed by atoms with Crippen molar-refractivity contribution >= 4 is 27.6 Å². The zero-order valence-corrected chi connectivity index (χ0v) is 17.3. The van der Waals surface area contributed by atoms with Crippen molar-refractivity contribution in [3.63, 3.8) is 0 Å². The predicted molar refractivity (Wildman–Crippen MR) is 109 cm³/mol. The molecule has 0 radical (unpaired) electrons. The standard InChI is InChI=1S/C20H24N2O6S/c1-4-11-21-19(23)13-28-20(24)15-7-10-17(27-3)18(12-15)29(25,26)22-16-8-5-14(2)6-9-16/h5-10,12,22H,4,11,13H2,1-3H3,(H,21,23). The topological polar surface area (TPSA) is 111 Å². The molecule has 8 nitrogen and oxygen atoms in total. The van der Waals surface area contributed by atoms with Crippen LogP contribution in [0.3, 0.4) is 0 Å². The van der Waals surface area contributed by atoms with Crippen LogP contribution < -0.4 is 14.8 Å². The molecule has 2 aromatic carbocycles. The van der Waals surface area contributed by atoms with Crippen LogP contribution in [0, 0.1) is 6.92 Å². The monoisotopic (exact) mass is 420 g/mol. The SMILES string of the molecule is CCCNC(=O)COC(=O)c1ccc(OC)c(S(=O)(=O)Nc2ccc(C)cc2)c1. The maximum absolute atomic E-state index is 12.8. The van der Waals surface area contributed by atoms with E-state index in [2.05, 4.69) is 10.0 Å². The van der Waals surface area contributed by atoms with Crippen LogP contribution in [-0.2, 0) is 19.6 Å². The molecule has 0 heterocycles. The van der Waals surface area contributed by atoms with Gasteiger partial charge in [-0.25, -0.2) is 13.2 Å². The van der Waals surface area contributed by atoms with E-state index in [0.29, 0.717) is 12.2 Å². The smallest absolute Gasteiger partial charge is 0.338 e. The van der Waals surface area contributed by atoms with Gasteiger partial charge in [0.15, 0.2) is 6.61 Å². The normalized spacial score (nSPS) is 10.9. The van der Waals surface area contributed by atoms with E-state index in [9.17, 15) is 18.0 Å². The highest BCUT2D eigenvalue weighted by molar-refractivity contribution is 7.92. The van der Waals surface area contributed by atoms with Crippen LogP contribution >= 0.6 is 0 Å². The van der Waals surface area contributed by atoms with E-state index in [4.69, 9.17) is 9.47 Å². The van der Waals surface area contributed by atoms with Gasteiger partial charge in [0.25, 0.3) is 15.9 Å². The number of carbonyl (C=O) groups excluding carboxylic acids is 2. The molecule has 2 rings (SSSR count). The number of rotatable bonds is 9. The Morgan fingerprint density at radius 3 is 2.38 bits per heavy atom. The number of anilines is 1. The van der Waals surface area contributed by atoms with E-state index in [1.807, 2.05) is 13.8 Å². The van der Waals surface area contributed by atoms with Crippen LogP contribution in [0.5, 0.6) is 5.75 Å². The first-order chi connectivity index (χ1) is 13.8. The Hall–Kier alpha value is -3.07. The molecule has 156 valence electrons. The molecular weight excluding hydrogens is 396 g/mol. The van der Waals surface area contributed by atoms with Gasteiger partial charge in [0, 0.05) is 12.2 Å². The molecule has 0 aliphatic rings. The summed E-state index contributed by atoms with van der Waals surface area (Å²) in [5.74, 6) is -1.17. The first kappa shape index (κ1) is 22.2. The average Bonchev–Trinajstić information content (AvgIpc) is 2.71. The molecular formula is C20H24N2O6S. The van der Waals surface area contributed by atoms with Gasteiger partial charge in [-0.1, -0.05) is 24.6 Å². The molecule has 0 spiro atoms. The van der Waals surface area contributed by atoms with Crippen LogP contribution in [0.2, 0.25) is 0 Å². The van der Waals surface area contributed by atoms with Crippen molar-refractivity contribution in [1.82, 2.24) is 5.32 Å². The predicted octanol–water partition coefficient (Wildman–Crippen LogP) is 2.49. The molecule has 0 saturated carbocycles. The molecule has 2 N–H and O–H groups in total. The van der Waals surface area contributed by atoms with Gasteiger partial charge in [-0.2, -0.15) is 0 Å². The Bertz CT molecular complexity index is 971. The van der Waals surface area contributed by atoms with Crippen LogP contribution in [0.1, 0.15) is 29.3 Å². The molecule has 0 aromatic heterocycles. The van der Waals surface area contributed by atoms with Crippen LogP contribution in [-0.4, -0.2) is 40.6 Å². The van der Waals surface area contributed by atoms with Gasteiger partial charge in [0.1, 0.15) is 10.6 Å². The fourth-order valence-electron chi connectivity index (χ4n) is 2.38. The molecule has 2 aromatic rings. The van der Waals surface area contributed by atoms with Gasteiger partial charge in [-0.3, -0.25) is 9.52 Å². The van der Waals surface area contributed by atoms with Gasteiger partial charge >= 0.3 is 5.97 Å². The van der Waals surface area contributed by atoms with Crippen molar-refractivity contribution in [3.05, 3.63) is 53.6 Å². The first-order valence-electron chi connectivity index (χ1n) is 8.98. The van der Waals surface area contributed by atoms with Gasteiger partial charge in [0.05, 0.1) is 12.7 Å². The van der Waals surface area contributed by atoms with Crippen molar-refractivity contribution in [3.8, 4) is 5.75 Å². The number of amides is 1. The largest absolute Gasteiger partial charge is 0.495 e. The molecule has 0 fully saturated rings. The first-order valence-corrected chi connectivity index (χ1v) is 10.5. The summed E-state index contributed by atoms with van der Waals surface area (Å²) in [4.78, 5) is 23.6. The minimum Gasteiger partial charge on any atom is -0.495 e. The molecule has 0 atom stereocenters. The van der Waals surface area contributed by atoms with Gasteiger partial charge in [0.2, 0.25) is 0 Å². The second-order valence-electron chi connectivity index (χ2n) is 6.26. The van der Waals surface area contributed by atoms with Crippen LogP contribution in [0.25, 0.3) is 0 Å². The van der Waals surface area contributed by atoms with Crippen LogP contribution in [0.15, 0.2) is 47.4 Å². The van der Waals surface area contributed by atoms with Crippen molar-refractivity contribution in [2.75, 3.05) is 25.0 Å². The van der Waals surface area contributed by atoms with Crippen LogP contribution in [0.4, 0.5) is 5.69 Å². The molecule has 29 heavy (non-hydrogen) atoms. The van der Waals surface area contributed by atoms with Gasteiger partial charge in [-0.05, 0) is 43.7 Å². The van der Waals surface area contributed by atoms with Crippen molar-refractivity contribution in [1.29, 1.82) is 0 Å². The number of methoxy groups -OCH3 is 1.